The van der Waals surface area contributed by atoms with Crippen LogP contribution >= 0.6 is 22.7 Å². The molecule has 0 atom stereocenters. The fourth-order valence-corrected chi connectivity index (χ4v) is 10.4. The third-order valence-electron chi connectivity index (χ3n) is 10.4. The molecule has 0 spiro atoms. The van der Waals surface area contributed by atoms with Crippen LogP contribution in [0.5, 0.6) is 0 Å². The number of hydrogen-bond donors (Lipinski definition) is 0. The second-order valence-electron chi connectivity index (χ2n) is 13.2. The van der Waals surface area contributed by atoms with Gasteiger partial charge in [-0.25, -0.2) is 0 Å². The zero-order chi connectivity index (χ0) is 32.8. The van der Waals surface area contributed by atoms with Crippen molar-refractivity contribution in [3.8, 4) is 33.4 Å². The van der Waals surface area contributed by atoms with Gasteiger partial charge in [0.1, 0.15) is 0 Å². The minimum Gasteiger partial charge on any atom is -0.135 e. The molecule has 2 heteroatoms. The highest BCUT2D eigenvalue weighted by atomic mass is 32.1. The average Bonchev–Trinajstić information content (AvgIpc) is 3.71. The SMILES string of the molecule is c1ccc(-c2c3ccccc3c(-c3cccc(-c4ccc5cc6c(cc5c4)sc4cc5c(cc46)sc4ccccc45)c3)c3ccccc23)cc1. The van der Waals surface area contributed by atoms with Gasteiger partial charge in [0.25, 0.3) is 0 Å². The standard InChI is InChI=1S/C48H28S2/c1-2-11-29(12-3-1)47-36-16-4-6-18-38(36)48(39-19-7-5-17-37(39)47)33-14-10-13-30(23-33)31-21-22-32-25-40-42-28-45-41(35-15-8-9-20-43(35)49-45)27-46(42)50-44(40)26-34(32)24-31/h1-28H. The number of fused-ring (bicyclic) bond motifs is 9. The highest BCUT2D eigenvalue weighted by molar-refractivity contribution is 7.27. The van der Waals surface area contributed by atoms with E-state index < -0.39 is 0 Å². The first kappa shape index (κ1) is 28.1. The molecule has 0 unspecified atom stereocenters. The predicted octanol–water partition coefficient (Wildman–Crippen LogP) is 14.9. The Bertz CT molecular complexity index is 3080. The minimum atomic E-state index is 1.23. The molecule has 0 aliphatic heterocycles. The maximum atomic E-state index is 2.42. The van der Waals surface area contributed by atoms with Gasteiger partial charge in [-0.15, -0.1) is 22.7 Å². The molecule has 232 valence electrons. The molecule has 0 saturated heterocycles. The van der Waals surface area contributed by atoms with Gasteiger partial charge in [0, 0.05) is 40.3 Å². The molecule has 0 aliphatic carbocycles. The molecule has 0 radical (unpaired) electrons. The van der Waals surface area contributed by atoms with Crippen LogP contribution in [0.4, 0.5) is 0 Å². The van der Waals surface area contributed by atoms with E-state index in [-0.39, 0.29) is 0 Å². The van der Waals surface area contributed by atoms with Crippen molar-refractivity contribution >= 4 is 95.3 Å². The summed E-state index contributed by atoms with van der Waals surface area (Å²) in [6, 6.07) is 63.1. The van der Waals surface area contributed by atoms with E-state index in [9.17, 15) is 0 Å². The van der Waals surface area contributed by atoms with Crippen molar-refractivity contribution in [1.82, 2.24) is 0 Å². The molecule has 0 N–H and O–H groups in total. The third kappa shape index (κ3) is 4.23. The summed E-state index contributed by atoms with van der Waals surface area (Å²) >= 11 is 3.81. The van der Waals surface area contributed by atoms with Crippen molar-refractivity contribution in [3.05, 3.63) is 170 Å². The zero-order valence-electron chi connectivity index (χ0n) is 27.0. The highest BCUT2D eigenvalue weighted by Crippen LogP contribution is 2.45. The summed E-state index contributed by atoms with van der Waals surface area (Å²) in [5.74, 6) is 0. The molecule has 11 aromatic rings. The zero-order valence-corrected chi connectivity index (χ0v) is 28.6. The lowest BCUT2D eigenvalue weighted by Crippen LogP contribution is -1.91. The van der Waals surface area contributed by atoms with Crippen LogP contribution in [-0.4, -0.2) is 0 Å². The molecule has 2 heterocycles. The Kier molecular flexibility index (Phi) is 6.09. The van der Waals surface area contributed by atoms with Gasteiger partial charge in [-0.1, -0.05) is 127 Å². The molecular formula is C48H28S2. The van der Waals surface area contributed by atoms with Crippen molar-refractivity contribution < 1.29 is 0 Å². The van der Waals surface area contributed by atoms with Crippen LogP contribution in [0, 0.1) is 0 Å². The molecule has 0 amide bonds. The molecule has 0 saturated carbocycles. The van der Waals surface area contributed by atoms with Crippen molar-refractivity contribution in [2.75, 3.05) is 0 Å². The normalized spacial score (nSPS) is 12.0. The summed E-state index contributed by atoms with van der Waals surface area (Å²) in [5, 5.41) is 13.1. The lowest BCUT2D eigenvalue weighted by molar-refractivity contribution is 1.63. The molecule has 0 aliphatic rings. The van der Waals surface area contributed by atoms with Gasteiger partial charge >= 0.3 is 0 Å². The summed E-state index contributed by atoms with van der Waals surface area (Å²) in [6.45, 7) is 0. The molecule has 0 fully saturated rings. The number of rotatable bonds is 3. The molecule has 2 aromatic heterocycles. The second-order valence-corrected chi connectivity index (χ2v) is 15.4. The van der Waals surface area contributed by atoms with Crippen molar-refractivity contribution in [2.24, 2.45) is 0 Å². The summed E-state index contributed by atoms with van der Waals surface area (Å²) in [4.78, 5) is 0. The van der Waals surface area contributed by atoms with Gasteiger partial charge in [0.2, 0.25) is 0 Å². The summed E-state index contributed by atoms with van der Waals surface area (Å²) < 4.78 is 5.43. The maximum absolute atomic E-state index is 2.42. The van der Waals surface area contributed by atoms with Crippen LogP contribution in [0.2, 0.25) is 0 Å². The van der Waals surface area contributed by atoms with Crippen LogP contribution < -0.4 is 0 Å². The monoisotopic (exact) mass is 668 g/mol. The van der Waals surface area contributed by atoms with Crippen LogP contribution in [-0.2, 0) is 0 Å². The van der Waals surface area contributed by atoms with Crippen LogP contribution in [0.25, 0.3) is 106 Å². The van der Waals surface area contributed by atoms with Crippen molar-refractivity contribution in [1.29, 1.82) is 0 Å². The van der Waals surface area contributed by atoms with E-state index in [2.05, 4.69) is 170 Å². The Morgan fingerprint density at radius 2 is 0.740 bits per heavy atom. The summed E-state index contributed by atoms with van der Waals surface area (Å²) in [7, 11) is 0. The van der Waals surface area contributed by atoms with Gasteiger partial charge in [-0.05, 0) is 108 Å². The topological polar surface area (TPSA) is 0 Å². The van der Waals surface area contributed by atoms with Gasteiger partial charge in [-0.2, -0.15) is 0 Å². The fraction of sp³-hybridized carbons (Fsp3) is 0. The Morgan fingerprint density at radius 1 is 0.240 bits per heavy atom. The number of hydrogen-bond acceptors (Lipinski definition) is 2. The molecular weight excluding hydrogens is 641 g/mol. The van der Waals surface area contributed by atoms with E-state index in [1.54, 1.807) is 0 Å². The predicted molar refractivity (Wildman–Crippen MR) is 221 cm³/mol. The lowest BCUT2D eigenvalue weighted by atomic mass is 9.85. The van der Waals surface area contributed by atoms with Crippen molar-refractivity contribution in [3.63, 3.8) is 0 Å². The second kappa shape index (κ2) is 10.9. The summed E-state index contributed by atoms with van der Waals surface area (Å²) in [6.07, 6.45) is 0. The maximum Gasteiger partial charge on any atom is 0.0362 e. The van der Waals surface area contributed by atoms with Crippen LogP contribution in [0.15, 0.2) is 170 Å². The van der Waals surface area contributed by atoms with E-state index in [0.717, 1.165) is 0 Å². The smallest absolute Gasteiger partial charge is 0.0362 e. The molecule has 11 rings (SSSR count). The van der Waals surface area contributed by atoms with Gasteiger partial charge in [0.05, 0.1) is 0 Å². The van der Waals surface area contributed by atoms with E-state index in [1.807, 2.05) is 22.7 Å². The van der Waals surface area contributed by atoms with E-state index >= 15 is 0 Å². The highest BCUT2D eigenvalue weighted by Gasteiger charge is 2.17. The quantitative estimate of drug-likeness (QED) is 0.164. The Balaban J connectivity index is 1.07. The third-order valence-corrected chi connectivity index (χ3v) is 12.7. The van der Waals surface area contributed by atoms with E-state index in [1.165, 1.54) is 106 Å². The van der Waals surface area contributed by atoms with Crippen LogP contribution in [0.1, 0.15) is 0 Å². The largest absolute Gasteiger partial charge is 0.135 e. The Hall–Kier alpha value is -5.80. The van der Waals surface area contributed by atoms with E-state index in [0.29, 0.717) is 0 Å². The summed E-state index contributed by atoms with van der Waals surface area (Å²) in [5.41, 5.74) is 7.54. The fourth-order valence-electron chi connectivity index (χ4n) is 8.13. The van der Waals surface area contributed by atoms with Crippen LogP contribution in [0.3, 0.4) is 0 Å². The molecule has 0 bridgehead atoms. The Morgan fingerprint density at radius 3 is 1.46 bits per heavy atom. The molecule has 9 aromatic carbocycles. The van der Waals surface area contributed by atoms with Crippen molar-refractivity contribution in [2.45, 2.75) is 0 Å². The first-order chi connectivity index (χ1) is 24.8. The van der Waals surface area contributed by atoms with Gasteiger partial charge in [-0.3, -0.25) is 0 Å². The first-order valence-corrected chi connectivity index (χ1v) is 18.7. The van der Waals surface area contributed by atoms with E-state index in [4.69, 9.17) is 0 Å². The first-order valence-electron chi connectivity index (χ1n) is 17.1. The molecule has 50 heavy (non-hydrogen) atoms. The number of benzene rings is 9. The molecule has 0 nitrogen and oxygen atoms in total. The minimum absolute atomic E-state index is 1.23. The van der Waals surface area contributed by atoms with Gasteiger partial charge < -0.3 is 0 Å². The van der Waals surface area contributed by atoms with Gasteiger partial charge in [0.15, 0.2) is 0 Å². The lowest BCUT2D eigenvalue weighted by Gasteiger charge is -2.18. The number of thiophene rings is 2. The average molecular weight is 669 g/mol. The Labute approximate surface area is 297 Å².